The van der Waals surface area contributed by atoms with Gasteiger partial charge in [-0.1, -0.05) is 30.3 Å². The maximum atomic E-state index is 5.28. The van der Waals surface area contributed by atoms with Crippen molar-refractivity contribution in [3.05, 3.63) is 35.9 Å². The Kier molecular flexibility index (Phi) is 1.08. The van der Waals surface area contributed by atoms with Gasteiger partial charge in [0, 0.05) is 0 Å². The third kappa shape index (κ3) is 0.830. The smallest absolute Gasteiger partial charge is 0.114 e. The molecule has 0 bridgehead atoms. The Morgan fingerprint density at radius 1 is 1.30 bits per heavy atom. The minimum absolute atomic E-state index is 0.0429. The van der Waals surface area contributed by atoms with Gasteiger partial charge in [-0.2, -0.15) is 0 Å². The molecule has 1 heteroatoms. The van der Waals surface area contributed by atoms with Crippen molar-refractivity contribution in [1.29, 1.82) is 0 Å². The molecule has 1 nitrogen and oxygen atoms in total. The lowest BCUT2D eigenvalue weighted by atomic mass is 10.0. The zero-order valence-corrected chi connectivity index (χ0v) is 6.00. The van der Waals surface area contributed by atoms with Gasteiger partial charge in [-0.25, -0.2) is 0 Å². The van der Waals surface area contributed by atoms with Crippen LogP contribution in [0.3, 0.4) is 0 Å². The van der Waals surface area contributed by atoms with E-state index in [4.69, 9.17) is 4.74 Å². The summed E-state index contributed by atoms with van der Waals surface area (Å²) in [6.45, 7) is 2.99. The molecule has 0 radical (unpaired) electrons. The fourth-order valence-corrected chi connectivity index (χ4v) is 1.07. The summed E-state index contributed by atoms with van der Waals surface area (Å²) in [6.07, 6.45) is 0. The van der Waals surface area contributed by atoms with Crippen LogP contribution < -0.4 is 0 Å². The van der Waals surface area contributed by atoms with E-state index in [0.29, 0.717) is 0 Å². The lowest BCUT2D eigenvalue weighted by Crippen LogP contribution is -2.00. The van der Waals surface area contributed by atoms with Gasteiger partial charge in [-0.05, 0) is 12.5 Å². The van der Waals surface area contributed by atoms with E-state index in [1.807, 2.05) is 18.2 Å². The molecule has 1 aliphatic heterocycles. The second-order valence-electron chi connectivity index (χ2n) is 2.89. The zero-order chi connectivity index (χ0) is 7.03. The Labute approximate surface area is 60.6 Å². The molecule has 1 fully saturated rings. The summed E-state index contributed by atoms with van der Waals surface area (Å²) in [5, 5.41) is 0. The summed E-state index contributed by atoms with van der Waals surface area (Å²) in [5.74, 6) is 0. The number of rotatable bonds is 1. The third-order valence-corrected chi connectivity index (χ3v) is 1.96. The van der Waals surface area contributed by atoms with Gasteiger partial charge in [0.1, 0.15) is 5.60 Å². The SMILES string of the molecule is CC1(c2ccccc2)CO1. The first-order valence-corrected chi connectivity index (χ1v) is 3.51. The van der Waals surface area contributed by atoms with E-state index in [-0.39, 0.29) is 5.60 Å². The van der Waals surface area contributed by atoms with E-state index in [1.165, 1.54) is 5.56 Å². The van der Waals surface area contributed by atoms with Crippen LogP contribution in [0.25, 0.3) is 0 Å². The highest BCUT2D eigenvalue weighted by molar-refractivity contribution is 5.25. The van der Waals surface area contributed by atoms with Gasteiger partial charge in [0.05, 0.1) is 6.61 Å². The highest BCUT2D eigenvalue weighted by Crippen LogP contribution is 2.37. The van der Waals surface area contributed by atoms with E-state index in [9.17, 15) is 0 Å². The van der Waals surface area contributed by atoms with Crippen LogP contribution >= 0.6 is 0 Å². The minimum atomic E-state index is 0.0429. The van der Waals surface area contributed by atoms with Crippen molar-refractivity contribution in [3.8, 4) is 0 Å². The molecule has 0 spiro atoms. The number of epoxide rings is 1. The first-order valence-electron chi connectivity index (χ1n) is 3.51. The van der Waals surface area contributed by atoms with E-state index < -0.39 is 0 Å². The van der Waals surface area contributed by atoms with Crippen molar-refractivity contribution < 1.29 is 4.74 Å². The monoisotopic (exact) mass is 134 g/mol. The number of benzene rings is 1. The van der Waals surface area contributed by atoms with Crippen molar-refractivity contribution in [3.63, 3.8) is 0 Å². The number of ether oxygens (including phenoxy) is 1. The molecular weight excluding hydrogens is 124 g/mol. The Morgan fingerprint density at radius 2 is 1.90 bits per heavy atom. The molecule has 52 valence electrons. The van der Waals surface area contributed by atoms with Crippen LogP contribution in [0.1, 0.15) is 12.5 Å². The molecule has 0 amide bonds. The fourth-order valence-electron chi connectivity index (χ4n) is 1.07. The fraction of sp³-hybridized carbons (Fsp3) is 0.333. The van der Waals surface area contributed by atoms with Gasteiger partial charge in [-0.15, -0.1) is 0 Å². The quantitative estimate of drug-likeness (QED) is 0.535. The average molecular weight is 134 g/mol. The predicted octanol–water partition coefficient (Wildman–Crippen LogP) is 1.93. The molecule has 1 saturated heterocycles. The first kappa shape index (κ1) is 5.93. The minimum Gasteiger partial charge on any atom is -0.365 e. The lowest BCUT2D eigenvalue weighted by Gasteiger charge is -2.02. The van der Waals surface area contributed by atoms with Crippen LogP contribution in [0.4, 0.5) is 0 Å². The lowest BCUT2D eigenvalue weighted by molar-refractivity contribution is 0.329. The summed E-state index contributed by atoms with van der Waals surface area (Å²) in [5.41, 5.74) is 1.33. The predicted molar refractivity (Wildman–Crippen MR) is 39.7 cm³/mol. The van der Waals surface area contributed by atoms with Crippen molar-refractivity contribution >= 4 is 0 Å². The average Bonchev–Trinajstić information content (AvgIpc) is 2.72. The van der Waals surface area contributed by atoms with Crippen LogP contribution in [0.2, 0.25) is 0 Å². The Morgan fingerprint density at radius 3 is 2.40 bits per heavy atom. The topological polar surface area (TPSA) is 12.5 Å². The summed E-state index contributed by atoms with van der Waals surface area (Å²) in [6, 6.07) is 10.3. The second kappa shape index (κ2) is 1.83. The van der Waals surface area contributed by atoms with Gasteiger partial charge < -0.3 is 4.74 Å². The van der Waals surface area contributed by atoms with Crippen molar-refractivity contribution in [2.75, 3.05) is 6.61 Å². The summed E-state index contributed by atoms with van der Waals surface area (Å²) in [4.78, 5) is 0. The molecule has 1 aromatic rings. The molecular formula is C9H10O. The largest absolute Gasteiger partial charge is 0.365 e. The van der Waals surface area contributed by atoms with Gasteiger partial charge in [0.2, 0.25) is 0 Å². The summed E-state index contributed by atoms with van der Waals surface area (Å²) >= 11 is 0. The molecule has 0 aromatic heterocycles. The molecule has 1 unspecified atom stereocenters. The highest BCUT2D eigenvalue weighted by atomic mass is 16.6. The van der Waals surface area contributed by atoms with Gasteiger partial charge in [0.25, 0.3) is 0 Å². The highest BCUT2D eigenvalue weighted by Gasteiger charge is 2.40. The van der Waals surface area contributed by atoms with Gasteiger partial charge >= 0.3 is 0 Å². The molecule has 0 aliphatic carbocycles. The molecule has 1 atom stereocenters. The number of hydrogen-bond acceptors (Lipinski definition) is 1. The summed E-state index contributed by atoms with van der Waals surface area (Å²) < 4.78 is 5.28. The van der Waals surface area contributed by atoms with Crippen LogP contribution in [-0.2, 0) is 10.3 Å². The van der Waals surface area contributed by atoms with Crippen molar-refractivity contribution in [1.82, 2.24) is 0 Å². The van der Waals surface area contributed by atoms with E-state index in [1.54, 1.807) is 0 Å². The Balaban J connectivity index is 2.35. The normalized spacial score (nSPS) is 30.1. The number of hydrogen-bond donors (Lipinski definition) is 0. The van der Waals surface area contributed by atoms with E-state index >= 15 is 0 Å². The van der Waals surface area contributed by atoms with E-state index in [2.05, 4.69) is 19.1 Å². The second-order valence-corrected chi connectivity index (χ2v) is 2.89. The maximum Gasteiger partial charge on any atom is 0.114 e. The zero-order valence-electron chi connectivity index (χ0n) is 6.00. The standard InChI is InChI=1S/C9H10O/c1-9(7-10-9)8-5-3-2-4-6-8/h2-6H,7H2,1H3. The Hall–Kier alpha value is -0.820. The van der Waals surface area contributed by atoms with Crippen molar-refractivity contribution in [2.24, 2.45) is 0 Å². The molecule has 1 aliphatic rings. The van der Waals surface area contributed by atoms with Crippen LogP contribution in [-0.4, -0.2) is 6.61 Å². The van der Waals surface area contributed by atoms with E-state index in [0.717, 1.165) is 6.61 Å². The third-order valence-electron chi connectivity index (χ3n) is 1.96. The van der Waals surface area contributed by atoms with Crippen molar-refractivity contribution in [2.45, 2.75) is 12.5 Å². The van der Waals surface area contributed by atoms with Crippen LogP contribution in [0, 0.1) is 0 Å². The maximum absolute atomic E-state index is 5.28. The Bertz CT molecular complexity index is 224. The summed E-state index contributed by atoms with van der Waals surface area (Å²) in [7, 11) is 0. The van der Waals surface area contributed by atoms with Crippen LogP contribution in [0.15, 0.2) is 30.3 Å². The van der Waals surface area contributed by atoms with Crippen LogP contribution in [0.5, 0.6) is 0 Å². The molecule has 0 N–H and O–H groups in total. The molecule has 1 heterocycles. The molecule has 10 heavy (non-hydrogen) atoms. The molecule has 2 rings (SSSR count). The van der Waals surface area contributed by atoms with Gasteiger partial charge in [-0.3, -0.25) is 0 Å². The molecule has 1 aromatic carbocycles. The molecule has 0 saturated carbocycles. The van der Waals surface area contributed by atoms with Gasteiger partial charge in [0.15, 0.2) is 0 Å². The first-order chi connectivity index (χ1) is 4.81.